The standard InChI is InChI=1S/C30H24Cl3N3O9/c31-19-1-7-22(8-2-19)43-25(37)13-16-34-28(40)35(17-14-26(38)44-23-9-3-20(32)4-10-23)30(42)36(29(34)41)18-15-27(39)45-24-11-5-21(33)6-12-24/h1-12H,13-18H2. The maximum absolute atomic E-state index is 13.3. The highest BCUT2D eigenvalue weighted by Crippen LogP contribution is 2.18. The van der Waals surface area contributed by atoms with Gasteiger partial charge in [-0.05, 0) is 72.8 Å². The van der Waals surface area contributed by atoms with Gasteiger partial charge < -0.3 is 14.2 Å². The monoisotopic (exact) mass is 675 g/mol. The molecule has 0 aliphatic rings. The van der Waals surface area contributed by atoms with Gasteiger partial charge in [-0.25, -0.2) is 28.1 Å². The van der Waals surface area contributed by atoms with Crippen molar-refractivity contribution in [2.45, 2.75) is 38.9 Å². The van der Waals surface area contributed by atoms with Crippen LogP contribution < -0.4 is 31.3 Å². The number of rotatable bonds is 12. The summed E-state index contributed by atoms with van der Waals surface area (Å²) in [5.41, 5.74) is -3.20. The van der Waals surface area contributed by atoms with Crippen molar-refractivity contribution in [2.75, 3.05) is 0 Å². The number of carbonyl (C=O) groups excluding carboxylic acids is 3. The molecule has 0 fully saturated rings. The summed E-state index contributed by atoms with van der Waals surface area (Å²) in [6.45, 7) is -1.39. The molecule has 0 N–H and O–H groups in total. The minimum atomic E-state index is -1.07. The van der Waals surface area contributed by atoms with Gasteiger partial charge in [0.2, 0.25) is 0 Å². The Morgan fingerprint density at radius 2 is 0.667 bits per heavy atom. The van der Waals surface area contributed by atoms with E-state index in [0.29, 0.717) is 28.8 Å². The maximum atomic E-state index is 13.3. The summed E-state index contributed by atoms with van der Waals surface area (Å²) in [6, 6.07) is 17.9. The minimum Gasteiger partial charge on any atom is -0.426 e. The van der Waals surface area contributed by atoms with Gasteiger partial charge >= 0.3 is 35.0 Å². The first-order chi connectivity index (χ1) is 21.5. The molecule has 1 aromatic heterocycles. The molecule has 0 aliphatic carbocycles. The lowest BCUT2D eigenvalue weighted by Crippen LogP contribution is -2.55. The fourth-order valence-electron chi connectivity index (χ4n) is 3.92. The number of ether oxygens (including phenoxy) is 3. The summed E-state index contributed by atoms with van der Waals surface area (Å²) >= 11 is 17.5. The molecule has 234 valence electrons. The molecule has 12 nitrogen and oxygen atoms in total. The Labute approximate surface area is 269 Å². The summed E-state index contributed by atoms with van der Waals surface area (Å²) < 4.78 is 17.6. The molecule has 0 unspecified atom stereocenters. The Kier molecular flexibility index (Phi) is 11.4. The third kappa shape index (κ3) is 9.42. The van der Waals surface area contributed by atoms with Crippen LogP contribution in [0.4, 0.5) is 0 Å². The molecule has 1 heterocycles. The SMILES string of the molecule is O=C(CCn1c(=O)n(CCC(=O)Oc2ccc(Cl)cc2)c(=O)n(CCC(=O)Oc2ccc(Cl)cc2)c1=O)Oc1ccc(Cl)cc1. The average molecular weight is 677 g/mol. The van der Waals surface area contributed by atoms with E-state index in [1.165, 1.54) is 72.8 Å². The Morgan fingerprint density at radius 1 is 0.444 bits per heavy atom. The topological polar surface area (TPSA) is 145 Å². The fraction of sp³-hybridized carbons (Fsp3) is 0.200. The number of aromatic nitrogens is 3. The van der Waals surface area contributed by atoms with Gasteiger partial charge in [-0.15, -0.1) is 0 Å². The second-order valence-electron chi connectivity index (χ2n) is 9.34. The molecule has 0 saturated heterocycles. The molecular weight excluding hydrogens is 653 g/mol. The zero-order valence-electron chi connectivity index (χ0n) is 23.3. The van der Waals surface area contributed by atoms with E-state index in [1.807, 2.05) is 0 Å². The van der Waals surface area contributed by atoms with E-state index in [4.69, 9.17) is 49.0 Å². The van der Waals surface area contributed by atoms with Gasteiger partial charge in [-0.1, -0.05) is 34.8 Å². The van der Waals surface area contributed by atoms with E-state index in [2.05, 4.69) is 0 Å². The van der Waals surface area contributed by atoms with Crippen molar-refractivity contribution in [3.05, 3.63) is 119 Å². The van der Waals surface area contributed by atoms with Crippen molar-refractivity contribution in [3.63, 3.8) is 0 Å². The molecule has 4 rings (SSSR count). The highest BCUT2D eigenvalue weighted by Gasteiger charge is 2.19. The van der Waals surface area contributed by atoms with Crippen LogP contribution >= 0.6 is 34.8 Å². The smallest absolute Gasteiger partial charge is 0.336 e. The van der Waals surface area contributed by atoms with Gasteiger partial charge in [0.15, 0.2) is 0 Å². The van der Waals surface area contributed by atoms with Crippen molar-refractivity contribution in [1.29, 1.82) is 0 Å². The summed E-state index contributed by atoms with van der Waals surface area (Å²) in [5.74, 6) is -1.74. The first kappa shape index (κ1) is 33.2. The third-order valence-corrected chi connectivity index (χ3v) is 6.90. The molecule has 0 spiro atoms. The fourth-order valence-corrected chi connectivity index (χ4v) is 4.30. The second kappa shape index (κ2) is 15.4. The van der Waals surface area contributed by atoms with E-state index in [1.54, 1.807) is 0 Å². The van der Waals surface area contributed by atoms with Gasteiger partial charge in [-0.3, -0.25) is 14.4 Å². The predicted molar refractivity (Wildman–Crippen MR) is 164 cm³/mol. The van der Waals surface area contributed by atoms with Crippen molar-refractivity contribution in [2.24, 2.45) is 0 Å². The molecule has 0 amide bonds. The van der Waals surface area contributed by atoms with E-state index in [-0.39, 0.29) is 17.2 Å². The number of nitrogens with zero attached hydrogens (tertiary/aromatic N) is 3. The van der Waals surface area contributed by atoms with Crippen LogP contribution in [0.2, 0.25) is 15.1 Å². The molecule has 0 saturated carbocycles. The average Bonchev–Trinajstić information content (AvgIpc) is 3.00. The van der Waals surface area contributed by atoms with Crippen molar-refractivity contribution < 1.29 is 28.6 Å². The molecule has 0 radical (unpaired) electrons. The number of benzene rings is 3. The number of esters is 3. The Balaban J connectivity index is 1.54. The second-order valence-corrected chi connectivity index (χ2v) is 10.6. The summed E-state index contributed by atoms with van der Waals surface area (Å²) in [4.78, 5) is 77.2. The van der Waals surface area contributed by atoms with Gasteiger partial charge in [0.05, 0.1) is 19.3 Å². The van der Waals surface area contributed by atoms with Gasteiger partial charge in [0.1, 0.15) is 17.2 Å². The van der Waals surface area contributed by atoms with Gasteiger partial charge in [-0.2, -0.15) is 0 Å². The molecule has 3 aromatic carbocycles. The molecule has 15 heteroatoms. The van der Waals surface area contributed by atoms with Crippen molar-refractivity contribution >= 4 is 52.7 Å². The first-order valence-corrected chi connectivity index (χ1v) is 14.5. The lowest BCUT2D eigenvalue weighted by Gasteiger charge is -2.14. The predicted octanol–water partition coefficient (Wildman–Crippen LogP) is 4.12. The zero-order chi connectivity index (χ0) is 32.5. The number of hydrogen-bond donors (Lipinski definition) is 0. The van der Waals surface area contributed by atoms with Gasteiger partial charge in [0.25, 0.3) is 0 Å². The summed E-state index contributed by atoms with van der Waals surface area (Å²) in [6.07, 6.45) is -1.27. The van der Waals surface area contributed by atoms with Gasteiger partial charge in [0, 0.05) is 34.7 Å². The van der Waals surface area contributed by atoms with E-state index in [9.17, 15) is 28.8 Å². The molecule has 45 heavy (non-hydrogen) atoms. The molecule has 0 aliphatic heterocycles. The lowest BCUT2D eigenvalue weighted by molar-refractivity contribution is -0.135. The van der Waals surface area contributed by atoms with E-state index in [0.717, 1.165) is 0 Å². The molecule has 0 atom stereocenters. The van der Waals surface area contributed by atoms with Crippen LogP contribution in [0, 0.1) is 0 Å². The number of carbonyl (C=O) groups is 3. The lowest BCUT2D eigenvalue weighted by atomic mass is 10.3. The zero-order valence-corrected chi connectivity index (χ0v) is 25.6. The molecule has 0 bridgehead atoms. The highest BCUT2D eigenvalue weighted by molar-refractivity contribution is 6.31. The normalized spacial score (nSPS) is 10.7. The molecular formula is C30H24Cl3N3O9. The first-order valence-electron chi connectivity index (χ1n) is 13.3. The Hall–Kier alpha value is -4.65. The van der Waals surface area contributed by atoms with Crippen molar-refractivity contribution in [1.82, 2.24) is 13.7 Å². The van der Waals surface area contributed by atoms with Crippen molar-refractivity contribution in [3.8, 4) is 17.2 Å². The van der Waals surface area contributed by atoms with Crippen LogP contribution in [0.5, 0.6) is 17.2 Å². The van der Waals surface area contributed by atoms with Crippen LogP contribution in [-0.2, 0) is 34.0 Å². The third-order valence-electron chi connectivity index (χ3n) is 6.14. The highest BCUT2D eigenvalue weighted by atomic mass is 35.5. The number of halogens is 3. The Morgan fingerprint density at radius 3 is 0.889 bits per heavy atom. The largest absolute Gasteiger partial charge is 0.426 e. The molecule has 4 aromatic rings. The minimum absolute atomic E-state index is 0.192. The van der Waals surface area contributed by atoms with E-state index < -0.39 is 73.9 Å². The maximum Gasteiger partial charge on any atom is 0.336 e. The van der Waals surface area contributed by atoms with Crippen LogP contribution in [0.25, 0.3) is 0 Å². The number of hydrogen-bond acceptors (Lipinski definition) is 9. The van der Waals surface area contributed by atoms with Crippen LogP contribution in [0.15, 0.2) is 87.2 Å². The van der Waals surface area contributed by atoms with Crippen LogP contribution in [-0.4, -0.2) is 31.6 Å². The summed E-state index contributed by atoms with van der Waals surface area (Å²) in [5, 5.41) is 1.29. The quantitative estimate of drug-likeness (QED) is 0.160. The Bertz CT molecular complexity index is 1620. The van der Waals surface area contributed by atoms with Crippen LogP contribution in [0.1, 0.15) is 19.3 Å². The van der Waals surface area contributed by atoms with Crippen LogP contribution in [0.3, 0.4) is 0 Å². The van der Waals surface area contributed by atoms with E-state index >= 15 is 0 Å². The summed E-state index contributed by atoms with van der Waals surface area (Å²) in [7, 11) is 0.